The number of nitrogens with zero attached hydrogens (tertiary/aromatic N) is 3. The second kappa shape index (κ2) is 4.62. The molecule has 2 aromatic rings. The molecule has 1 aromatic carbocycles. The summed E-state index contributed by atoms with van der Waals surface area (Å²) in [6.07, 6.45) is 2.87. The lowest BCUT2D eigenvalue weighted by atomic mass is 10.2. The number of benzene rings is 1. The molecule has 1 amide bonds. The largest absolute Gasteiger partial charge is 0.364 e. The van der Waals surface area contributed by atoms with E-state index in [4.69, 9.17) is 5.73 Å². The summed E-state index contributed by atoms with van der Waals surface area (Å²) in [5.74, 6) is -0.552. The fraction of sp³-hybridized carbons (Fsp3) is 0.154. The van der Waals surface area contributed by atoms with Gasteiger partial charge in [0.2, 0.25) is 0 Å². The molecule has 0 unspecified atom stereocenters. The van der Waals surface area contributed by atoms with Crippen LogP contribution in [0.4, 0.5) is 0 Å². The van der Waals surface area contributed by atoms with Gasteiger partial charge in [0.05, 0.1) is 11.0 Å². The summed E-state index contributed by atoms with van der Waals surface area (Å²) in [4.78, 5) is 15.8. The van der Waals surface area contributed by atoms with Crippen molar-refractivity contribution in [1.82, 2.24) is 9.78 Å². The van der Waals surface area contributed by atoms with Crippen LogP contribution in [-0.4, -0.2) is 22.2 Å². The molecule has 6 heteroatoms. The van der Waals surface area contributed by atoms with Gasteiger partial charge in [0.25, 0.3) is 5.91 Å². The average Bonchev–Trinajstić information content (AvgIpc) is 2.78. The van der Waals surface area contributed by atoms with Crippen LogP contribution in [0.25, 0.3) is 11.8 Å². The number of amides is 1. The fourth-order valence-electron chi connectivity index (χ4n) is 2.11. The Morgan fingerprint density at radius 1 is 1.42 bits per heavy atom. The molecule has 0 spiro atoms. The van der Waals surface area contributed by atoms with Crippen LogP contribution < -0.4 is 16.4 Å². The van der Waals surface area contributed by atoms with E-state index in [0.717, 1.165) is 21.9 Å². The van der Waals surface area contributed by atoms with Gasteiger partial charge in [0.1, 0.15) is 5.36 Å². The van der Waals surface area contributed by atoms with Crippen molar-refractivity contribution in [3.05, 3.63) is 45.1 Å². The van der Waals surface area contributed by atoms with Crippen LogP contribution >= 0.6 is 15.9 Å². The number of fused-ring (bicyclic) bond motifs is 1. The standard InChI is InChI=1S/C13H11BrN4O/c14-8-3-1-4-9(7-8)18-10-5-2-6-16-11(10)12(17-18)13(15)19/h1,3-5,7H,2,6H2,(H2,15,19). The zero-order valence-corrected chi connectivity index (χ0v) is 11.6. The molecule has 3 rings (SSSR count). The Balaban J connectivity index is 2.32. The third kappa shape index (κ3) is 2.08. The zero-order valence-electron chi connectivity index (χ0n) is 10.0. The van der Waals surface area contributed by atoms with Gasteiger partial charge in [-0.05, 0) is 24.6 Å². The highest BCUT2D eigenvalue weighted by Gasteiger charge is 2.15. The Morgan fingerprint density at radius 2 is 2.26 bits per heavy atom. The third-order valence-electron chi connectivity index (χ3n) is 2.92. The van der Waals surface area contributed by atoms with Gasteiger partial charge < -0.3 is 5.73 Å². The van der Waals surface area contributed by atoms with Crippen LogP contribution in [0.2, 0.25) is 0 Å². The van der Waals surface area contributed by atoms with Crippen molar-refractivity contribution < 1.29 is 4.79 Å². The summed E-state index contributed by atoms with van der Waals surface area (Å²) in [6, 6.07) is 7.70. The molecule has 2 N–H and O–H groups in total. The topological polar surface area (TPSA) is 73.3 Å². The molecular formula is C13H11BrN4O. The second-order valence-corrected chi connectivity index (χ2v) is 5.13. The van der Waals surface area contributed by atoms with E-state index in [1.807, 2.05) is 30.3 Å². The molecule has 96 valence electrons. The quantitative estimate of drug-likeness (QED) is 0.877. The maximum absolute atomic E-state index is 11.4. The number of hydrogen-bond acceptors (Lipinski definition) is 3. The van der Waals surface area contributed by atoms with Crippen LogP contribution in [0.15, 0.2) is 33.7 Å². The molecule has 1 aliphatic rings. The number of aromatic nitrogens is 2. The fourth-order valence-corrected chi connectivity index (χ4v) is 2.50. The Kier molecular flexibility index (Phi) is 2.94. The van der Waals surface area contributed by atoms with E-state index in [0.29, 0.717) is 11.9 Å². The molecule has 2 heterocycles. The minimum Gasteiger partial charge on any atom is -0.364 e. The predicted octanol–water partition coefficient (Wildman–Crippen LogP) is 0.537. The first-order valence-corrected chi connectivity index (χ1v) is 6.65. The van der Waals surface area contributed by atoms with Crippen LogP contribution in [0.5, 0.6) is 0 Å². The molecule has 0 aliphatic carbocycles. The van der Waals surface area contributed by atoms with E-state index in [9.17, 15) is 4.79 Å². The van der Waals surface area contributed by atoms with Crippen molar-refractivity contribution in [2.45, 2.75) is 6.42 Å². The Labute approximate surface area is 117 Å². The molecule has 0 bridgehead atoms. The minimum absolute atomic E-state index is 0.228. The van der Waals surface area contributed by atoms with E-state index in [1.54, 1.807) is 4.68 Å². The van der Waals surface area contributed by atoms with E-state index in [1.165, 1.54) is 0 Å². The first-order chi connectivity index (χ1) is 9.16. The highest BCUT2D eigenvalue weighted by atomic mass is 79.9. The summed E-state index contributed by atoms with van der Waals surface area (Å²) >= 11 is 3.42. The number of nitrogens with two attached hydrogens (primary N) is 1. The number of hydrogen-bond donors (Lipinski definition) is 1. The molecule has 0 saturated carbocycles. The van der Waals surface area contributed by atoms with Crippen LogP contribution in [0.3, 0.4) is 0 Å². The molecule has 0 saturated heterocycles. The second-order valence-electron chi connectivity index (χ2n) is 4.21. The highest BCUT2D eigenvalue weighted by Crippen LogP contribution is 2.13. The molecule has 0 fully saturated rings. The third-order valence-corrected chi connectivity index (χ3v) is 3.41. The first-order valence-electron chi connectivity index (χ1n) is 5.86. The summed E-state index contributed by atoms with van der Waals surface area (Å²) in [7, 11) is 0. The number of rotatable bonds is 2. The number of carbonyl (C=O) groups is 1. The maximum Gasteiger partial charge on any atom is 0.271 e. The number of carbonyl (C=O) groups excluding carboxylic acids is 1. The number of halogens is 1. The summed E-state index contributed by atoms with van der Waals surface area (Å²) in [5.41, 5.74) is 6.46. The molecule has 5 nitrogen and oxygen atoms in total. The van der Waals surface area contributed by atoms with E-state index in [-0.39, 0.29) is 5.69 Å². The monoisotopic (exact) mass is 318 g/mol. The molecular weight excluding hydrogens is 308 g/mol. The summed E-state index contributed by atoms with van der Waals surface area (Å²) in [5, 5.41) is 5.73. The molecule has 19 heavy (non-hydrogen) atoms. The van der Waals surface area contributed by atoms with Gasteiger partial charge in [-0.15, -0.1) is 0 Å². The van der Waals surface area contributed by atoms with Crippen LogP contribution in [0.1, 0.15) is 16.9 Å². The smallest absolute Gasteiger partial charge is 0.271 e. The van der Waals surface area contributed by atoms with Gasteiger partial charge >= 0.3 is 0 Å². The molecule has 1 aliphatic heterocycles. The van der Waals surface area contributed by atoms with E-state index in [2.05, 4.69) is 26.0 Å². The molecule has 0 radical (unpaired) electrons. The normalized spacial score (nSPS) is 13.3. The van der Waals surface area contributed by atoms with Crippen molar-refractivity contribution in [3.8, 4) is 5.69 Å². The number of primary amides is 1. The van der Waals surface area contributed by atoms with Crippen molar-refractivity contribution in [2.24, 2.45) is 10.7 Å². The Hall–Kier alpha value is -1.95. The lowest BCUT2D eigenvalue weighted by Gasteiger charge is -2.03. The maximum atomic E-state index is 11.4. The molecule has 0 atom stereocenters. The van der Waals surface area contributed by atoms with Gasteiger partial charge in [0, 0.05) is 11.0 Å². The lowest BCUT2D eigenvalue weighted by molar-refractivity contribution is 0.0994. The SMILES string of the molecule is NC(=O)c1nn(-c2cccc(Br)c2)c2c1=NCCC=2. The van der Waals surface area contributed by atoms with Gasteiger partial charge in [-0.2, -0.15) is 5.10 Å². The predicted molar refractivity (Wildman–Crippen MR) is 74.5 cm³/mol. The van der Waals surface area contributed by atoms with Gasteiger partial charge in [0.15, 0.2) is 5.69 Å². The first kappa shape index (κ1) is 12.1. The summed E-state index contributed by atoms with van der Waals surface area (Å²) in [6.45, 7) is 0.664. The van der Waals surface area contributed by atoms with Crippen LogP contribution in [0, 0.1) is 0 Å². The lowest BCUT2D eigenvalue weighted by Crippen LogP contribution is -2.34. The van der Waals surface area contributed by atoms with Crippen molar-refractivity contribution in [1.29, 1.82) is 0 Å². The van der Waals surface area contributed by atoms with Gasteiger partial charge in [-0.3, -0.25) is 9.79 Å². The highest BCUT2D eigenvalue weighted by molar-refractivity contribution is 9.10. The Morgan fingerprint density at radius 3 is 3.00 bits per heavy atom. The van der Waals surface area contributed by atoms with Gasteiger partial charge in [-0.1, -0.05) is 28.1 Å². The van der Waals surface area contributed by atoms with Crippen molar-refractivity contribution >= 4 is 27.9 Å². The minimum atomic E-state index is -0.552. The Bertz CT molecular complexity index is 778. The molecule has 1 aromatic heterocycles. The summed E-state index contributed by atoms with van der Waals surface area (Å²) < 4.78 is 2.66. The van der Waals surface area contributed by atoms with E-state index < -0.39 is 5.91 Å². The zero-order chi connectivity index (χ0) is 13.4. The van der Waals surface area contributed by atoms with Crippen molar-refractivity contribution in [2.75, 3.05) is 6.54 Å². The average molecular weight is 319 g/mol. The van der Waals surface area contributed by atoms with Crippen LogP contribution in [-0.2, 0) is 0 Å². The van der Waals surface area contributed by atoms with Gasteiger partial charge in [-0.25, -0.2) is 4.68 Å². The van der Waals surface area contributed by atoms with E-state index >= 15 is 0 Å². The van der Waals surface area contributed by atoms with Crippen molar-refractivity contribution in [3.63, 3.8) is 0 Å².